The molecule has 2 rings (SSSR count). The van der Waals surface area contributed by atoms with Gasteiger partial charge in [-0.25, -0.2) is 8.78 Å². The topological polar surface area (TPSA) is 44.0 Å². The van der Waals surface area contributed by atoms with Gasteiger partial charge in [-0.2, -0.15) is 5.26 Å². The fraction of sp³-hybridized carbons (Fsp3) is 0. The van der Waals surface area contributed by atoms with Gasteiger partial charge in [-0.15, -0.1) is 0 Å². The Labute approximate surface area is 96.4 Å². The van der Waals surface area contributed by atoms with Crippen molar-refractivity contribution in [1.82, 2.24) is 0 Å². The predicted octanol–water partition coefficient (Wildman–Crippen LogP) is 3.21. The van der Waals surface area contributed by atoms with Crippen molar-refractivity contribution in [2.24, 2.45) is 0 Å². The molecule has 1 N–H and O–H groups in total. The van der Waals surface area contributed by atoms with Crippen molar-refractivity contribution in [3.8, 4) is 22.9 Å². The Morgan fingerprint density at radius 1 is 1.00 bits per heavy atom. The molecular formula is C13H7F2NO. The van der Waals surface area contributed by atoms with Gasteiger partial charge >= 0.3 is 0 Å². The Morgan fingerprint density at radius 3 is 2.41 bits per heavy atom. The molecule has 0 heterocycles. The Kier molecular flexibility index (Phi) is 2.75. The summed E-state index contributed by atoms with van der Waals surface area (Å²) in [5.74, 6) is -2.04. The van der Waals surface area contributed by atoms with Gasteiger partial charge in [0, 0.05) is 5.56 Å². The molecule has 0 spiro atoms. The first-order valence-electron chi connectivity index (χ1n) is 4.80. The maximum atomic E-state index is 13.1. The lowest BCUT2D eigenvalue weighted by atomic mass is 10.0. The molecule has 0 bridgehead atoms. The average molecular weight is 231 g/mol. The zero-order valence-corrected chi connectivity index (χ0v) is 8.61. The Balaban J connectivity index is 2.60. The summed E-state index contributed by atoms with van der Waals surface area (Å²) in [5.41, 5.74) is 0.948. The molecule has 2 aromatic carbocycles. The summed E-state index contributed by atoms with van der Waals surface area (Å²) in [7, 11) is 0. The van der Waals surface area contributed by atoms with Crippen molar-refractivity contribution in [2.75, 3.05) is 0 Å². The third kappa shape index (κ3) is 2.08. The summed E-state index contributed by atoms with van der Waals surface area (Å²) >= 11 is 0. The summed E-state index contributed by atoms with van der Waals surface area (Å²) in [6, 6.07) is 9.41. The minimum Gasteiger partial charge on any atom is -0.507 e. The predicted molar refractivity (Wildman–Crippen MR) is 58.2 cm³/mol. The molecule has 0 saturated carbocycles. The fourth-order valence-corrected chi connectivity index (χ4v) is 1.50. The number of rotatable bonds is 1. The molecule has 0 radical (unpaired) electrons. The van der Waals surface area contributed by atoms with E-state index >= 15 is 0 Å². The molecule has 4 heteroatoms. The number of hydrogen-bond donors (Lipinski definition) is 1. The van der Waals surface area contributed by atoms with E-state index in [1.165, 1.54) is 24.3 Å². The molecule has 0 aliphatic carbocycles. The molecule has 17 heavy (non-hydrogen) atoms. The van der Waals surface area contributed by atoms with E-state index in [4.69, 9.17) is 5.26 Å². The number of nitrogens with zero attached hydrogens (tertiary/aromatic N) is 1. The number of phenols is 1. The Hall–Kier alpha value is -2.41. The summed E-state index contributed by atoms with van der Waals surface area (Å²) in [6.07, 6.45) is 0. The van der Waals surface area contributed by atoms with Crippen LogP contribution in [0.1, 0.15) is 5.56 Å². The van der Waals surface area contributed by atoms with Gasteiger partial charge in [0.25, 0.3) is 0 Å². The number of benzene rings is 2. The summed E-state index contributed by atoms with van der Waals surface area (Å²) in [6.45, 7) is 0. The van der Waals surface area contributed by atoms with Crippen LogP contribution in [0.2, 0.25) is 0 Å². The lowest BCUT2D eigenvalue weighted by Crippen LogP contribution is -1.87. The smallest absolute Gasteiger partial charge is 0.159 e. The second-order valence-electron chi connectivity index (χ2n) is 3.47. The minimum atomic E-state index is -0.996. The van der Waals surface area contributed by atoms with Crippen LogP contribution in [0.3, 0.4) is 0 Å². The number of hydrogen-bond acceptors (Lipinski definition) is 2. The lowest BCUT2D eigenvalue weighted by molar-refractivity contribution is 0.477. The normalized spacial score (nSPS) is 9.94. The van der Waals surface area contributed by atoms with Crippen LogP contribution in [-0.4, -0.2) is 5.11 Å². The summed E-state index contributed by atoms with van der Waals surface area (Å²) in [4.78, 5) is 0. The maximum Gasteiger partial charge on any atom is 0.159 e. The number of aromatic hydroxyl groups is 1. The maximum absolute atomic E-state index is 13.1. The third-order valence-corrected chi connectivity index (χ3v) is 2.36. The van der Waals surface area contributed by atoms with Crippen molar-refractivity contribution in [1.29, 1.82) is 5.26 Å². The molecule has 0 unspecified atom stereocenters. The zero-order valence-electron chi connectivity index (χ0n) is 8.61. The molecule has 0 atom stereocenters. The van der Waals surface area contributed by atoms with Gasteiger partial charge in [-0.05, 0) is 35.9 Å². The largest absolute Gasteiger partial charge is 0.507 e. The van der Waals surface area contributed by atoms with Crippen molar-refractivity contribution >= 4 is 0 Å². The van der Waals surface area contributed by atoms with Gasteiger partial charge in [0.2, 0.25) is 0 Å². The molecule has 2 aromatic rings. The molecular weight excluding hydrogens is 224 g/mol. The number of nitriles is 1. The molecule has 0 aliphatic rings. The van der Waals surface area contributed by atoms with Gasteiger partial charge in [-0.1, -0.05) is 6.07 Å². The van der Waals surface area contributed by atoms with Gasteiger partial charge in [0.05, 0.1) is 11.6 Å². The van der Waals surface area contributed by atoms with Gasteiger partial charge in [-0.3, -0.25) is 0 Å². The van der Waals surface area contributed by atoms with Crippen LogP contribution in [0.5, 0.6) is 5.75 Å². The van der Waals surface area contributed by atoms with E-state index in [2.05, 4.69) is 0 Å². The van der Waals surface area contributed by atoms with Crippen molar-refractivity contribution < 1.29 is 13.9 Å². The van der Waals surface area contributed by atoms with Crippen molar-refractivity contribution in [3.05, 3.63) is 53.6 Å². The van der Waals surface area contributed by atoms with Crippen LogP contribution in [0.15, 0.2) is 36.4 Å². The van der Waals surface area contributed by atoms with Crippen LogP contribution in [0.25, 0.3) is 11.1 Å². The first kappa shape index (κ1) is 11.1. The standard InChI is InChI=1S/C13H7F2NO/c14-11-3-2-9(6-12(11)15)10-5-8(7-16)1-4-13(10)17/h1-6,17H. The summed E-state index contributed by atoms with van der Waals surface area (Å²) in [5, 5.41) is 18.4. The van der Waals surface area contributed by atoms with Crippen LogP contribution in [-0.2, 0) is 0 Å². The lowest BCUT2D eigenvalue weighted by Gasteiger charge is -2.05. The molecule has 2 nitrogen and oxygen atoms in total. The Bertz CT molecular complexity index is 617. The first-order valence-corrected chi connectivity index (χ1v) is 4.80. The molecule has 0 aliphatic heterocycles. The van der Waals surface area contributed by atoms with Gasteiger partial charge < -0.3 is 5.11 Å². The van der Waals surface area contributed by atoms with Crippen LogP contribution >= 0.6 is 0 Å². The average Bonchev–Trinajstić information content (AvgIpc) is 2.33. The first-order chi connectivity index (χ1) is 8.11. The van der Waals surface area contributed by atoms with E-state index in [1.807, 2.05) is 6.07 Å². The van der Waals surface area contributed by atoms with E-state index in [-0.39, 0.29) is 5.75 Å². The molecule has 84 valence electrons. The SMILES string of the molecule is N#Cc1ccc(O)c(-c2ccc(F)c(F)c2)c1. The molecule has 0 fully saturated rings. The highest BCUT2D eigenvalue weighted by molar-refractivity contribution is 5.71. The summed E-state index contributed by atoms with van der Waals surface area (Å²) < 4.78 is 25.8. The van der Waals surface area contributed by atoms with E-state index in [9.17, 15) is 13.9 Å². The molecule has 0 aromatic heterocycles. The second kappa shape index (κ2) is 4.22. The molecule has 0 saturated heterocycles. The van der Waals surface area contributed by atoms with Gasteiger partial charge in [0.15, 0.2) is 11.6 Å². The highest BCUT2D eigenvalue weighted by atomic mass is 19.2. The van der Waals surface area contributed by atoms with Crippen molar-refractivity contribution in [2.45, 2.75) is 0 Å². The quantitative estimate of drug-likeness (QED) is 0.818. The van der Waals surface area contributed by atoms with E-state index in [1.54, 1.807) is 0 Å². The Morgan fingerprint density at radius 2 is 1.76 bits per heavy atom. The van der Waals surface area contributed by atoms with Gasteiger partial charge in [0.1, 0.15) is 5.75 Å². The second-order valence-corrected chi connectivity index (χ2v) is 3.47. The highest BCUT2D eigenvalue weighted by Crippen LogP contribution is 2.30. The number of halogens is 2. The van der Waals surface area contributed by atoms with Crippen molar-refractivity contribution in [3.63, 3.8) is 0 Å². The highest BCUT2D eigenvalue weighted by Gasteiger charge is 2.09. The van der Waals surface area contributed by atoms with E-state index in [0.717, 1.165) is 12.1 Å². The number of phenolic OH excluding ortho intramolecular Hbond substituents is 1. The minimum absolute atomic E-state index is 0.0880. The fourth-order valence-electron chi connectivity index (χ4n) is 1.50. The van der Waals surface area contributed by atoms with E-state index in [0.29, 0.717) is 16.7 Å². The van der Waals surface area contributed by atoms with E-state index < -0.39 is 11.6 Å². The van der Waals surface area contributed by atoms with Crippen LogP contribution in [0.4, 0.5) is 8.78 Å². The molecule has 0 amide bonds. The zero-order chi connectivity index (χ0) is 12.4. The monoisotopic (exact) mass is 231 g/mol. The van der Waals surface area contributed by atoms with Crippen LogP contribution < -0.4 is 0 Å². The third-order valence-electron chi connectivity index (χ3n) is 2.36. The van der Waals surface area contributed by atoms with Crippen LogP contribution in [0, 0.1) is 23.0 Å².